The predicted octanol–water partition coefficient (Wildman–Crippen LogP) is 3.49. The summed E-state index contributed by atoms with van der Waals surface area (Å²) < 4.78 is 5.32. The summed E-state index contributed by atoms with van der Waals surface area (Å²) in [5.41, 5.74) is 2.47. The highest BCUT2D eigenvalue weighted by Crippen LogP contribution is 2.25. The Hall–Kier alpha value is -2.28. The van der Waals surface area contributed by atoms with Gasteiger partial charge in [0.1, 0.15) is 0 Å². The normalized spacial score (nSPS) is 15.3. The van der Waals surface area contributed by atoms with Crippen LogP contribution in [0.3, 0.4) is 0 Å². The zero-order valence-electron chi connectivity index (χ0n) is 17.8. The van der Waals surface area contributed by atoms with Gasteiger partial charge in [0.15, 0.2) is 11.8 Å². The van der Waals surface area contributed by atoms with Crippen molar-refractivity contribution in [3.63, 3.8) is 0 Å². The lowest BCUT2D eigenvalue weighted by Gasteiger charge is -2.38. The minimum absolute atomic E-state index is 0.271. The van der Waals surface area contributed by atoms with Crippen molar-refractivity contribution in [3.05, 3.63) is 40.5 Å². The molecule has 1 aliphatic rings. The number of aliphatic imine (C=N–C) groups is 1. The molecule has 0 unspecified atom stereocenters. The number of nitrogens with zero attached hydrogens (tertiary/aromatic N) is 5. The van der Waals surface area contributed by atoms with Crippen LogP contribution >= 0.6 is 11.6 Å². The molecule has 0 saturated carbocycles. The molecule has 1 saturated heterocycles. The average molecular weight is 419 g/mol. The van der Waals surface area contributed by atoms with Crippen molar-refractivity contribution in [1.82, 2.24) is 20.4 Å². The molecule has 29 heavy (non-hydrogen) atoms. The van der Waals surface area contributed by atoms with Crippen molar-refractivity contribution >= 4 is 23.2 Å². The standard InChI is InChI=1S/C21H31ClN6O/c1-5-23-21(24-9-8-19-25-20(15(2)3)26-29-19)28-12-10-27(11-13-28)18-14-17(22)7-6-16(18)4/h6-7,14-15H,5,8-13H2,1-4H3,(H,23,24). The zero-order valence-corrected chi connectivity index (χ0v) is 18.5. The van der Waals surface area contributed by atoms with E-state index in [-0.39, 0.29) is 5.92 Å². The summed E-state index contributed by atoms with van der Waals surface area (Å²) in [7, 11) is 0. The Morgan fingerprint density at radius 3 is 2.69 bits per heavy atom. The highest BCUT2D eigenvalue weighted by atomic mass is 35.5. The second-order valence-corrected chi connectivity index (χ2v) is 8.03. The molecule has 3 rings (SSSR count). The van der Waals surface area contributed by atoms with Crippen molar-refractivity contribution in [3.8, 4) is 0 Å². The van der Waals surface area contributed by atoms with Gasteiger partial charge in [-0.15, -0.1) is 0 Å². The lowest BCUT2D eigenvalue weighted by Crippen LogP contribution is -2.52. The number of anilines is 1. The molecule has 8 heteroatoms. The maximum Gasteiger partial charge on any atom is 0.228 e. The molecule has 0 amide bonds. The first kappa shape index (κ1) is 21.4. The van der Waals surface area contributed by atoms with Gasteiger partial charge in [-0.3, -0.25) is 4.99 Å². The van der Waals surface area contributed by atoms with Crippen LogP contribution in [0.25, 0.3) is 0 Å². The van der Waals surface area contributed by atoms with E-state index >= 15 is 0 Å². The third-order valence-electron chi connectivity index (χ3n) is 5.01. The maximum atomic E-state index is 6.20. The molecular formula is C21H31ClN6O. The van der Waals surface area contributed by atoms with Crippen molar-refractivity contribution < 1.29 is 4.52 Å². The zero-order chi connectivity index (χ0) is 20.8. The van der Waals surface area contributed by atoms with Gasteiger partial charge in [-0.1, -0.05) is 36.7 Å². The highest BCUT2D eigenvalue weighted by Gasteiger charge is 2.21. The summed E-state index contributed by atoms with van der Waals surface area (Å²) >= 11 is 6.20. The smallest absolute Gasteiger partial charge is 0.228 e. The largest absolute Gasteiger partial charge is 0.368 e. The van der Waals surface area contributed by atoms with Crippen molar-refractivity contribution in [2.75, 3.05) is 44.2 Å². The maximum absolute atomic E-state index is 6.20. The Labute approximate surface area is 178 Å². The van der Waals surface area contributed by atoms with Crippen LogP contribution in [0.1, 0.15) is 44.0 Å². The number of halogens is 1. The molecule has 7 nitrogen and oxygen atoms in total. The summed E-state index contributed by atoms with van der Waals surface area (Å²) in [5, 5.41) is 8.20. The first-order valence-electron chi connectivity index (χ1n) is 10.3. The second kappa shape index (κ2) is 9.96. The van der Waals surface area contributed by atoms with Gasteiger partial charge in [-0.2, -0.15) is 4.98 Å². The fourth-order valence-corrected chi connectivity index (χ4v) is 3.54. The van der Waals surface area contributed by atoms with E-state index in [1.807, 2.05) is 6.07 Å². The average Bonchev–Trinajstić information content (AvgIpc) is 3.19. The molecule has 0 aliphatic carbocycles. The molecule has 0 radical (unpaired) electrons. The lowest BCUT2D eigenvalue weighted by atomic mass is 10.1. The van der Waals surface area contributed by atoms with Gasteiger partial charge in [0.25, 0.3) is 0 Å². The number of aryl methyl sites for hydroxylation is 1. The monoisotopic (exact) mass is 418 g/mol. The Kier molecular flexibility index (Phi) is 7.36. The van der Waals surface area contributed by atoms with Crippen LogP contribution in [-0.4, -0.2) is 60.3 Å². The molecule has 1 fully saturated rings. The Morgan fingerprint density at radius 2 is 2.03 bits per heavy atom. The van der Waals surface area contributed by atoms with E-state index in [1.54, 1.807) is 0 Å². The van der Waals surface area contributed by atoms with Gasteiger partial charge >= 0.3 is 0 Å². The van der Waals surface area contributed by atoms with E-state index in [9.17, 15) is 0 Å². The van der Waals surface area contributed by atoms with Crippen LogP contribution < -0.4 is 10.2 Å². The fraction of sp³-hybridized carbons (Fsp3) is 0.571. The number of hydrogen-bond acceptors (Lipinski definition) is 5. The summed E-state index contributed by atoms with van der Waals surface area (Å²) in [6.07, 6.45) is 0.649. The van der Waals surface area contributed by atoms with Crippen LogP contribution in [0.4, 0.5) is 5.69 Å². The number of rotatable bonds is 6. The van der Waals surface area contributed by atoms with E-state index in [0.29, 0.717) is 18.9 Å². The van der Waals surface area contributed by atoms with Gasteiger partial charge in [0, 0.05) is 55.8 Å². The third-order valence-corrected chi connectivity index (χ3v) is 5.25. The van der Waals surface area contributed by atoms with Gasteiger partial charge in [0.2, 0.25) is 5.89 Å². The van der Waals surface area contributed by atoms with E-state index in [0.717, 1.165) is 49.5 Å². The Balaban J connectivity index is 1.58. The van der Waals surface area contributed by atoms with Gasteiger partial charge in [-0.05, 0) is 31.5 Å². The summed E-state index contributed by atoms with van der Waals surface area (Å²) in [4.78, 5) is 13.9. The number of piperazine rings is 1. The predicted molar refractivity (Wildman–Crippen MR) is 118 cm³/mol. The quantitative estimate of drug-likeness (QED) is 0.572. The van der Waals surface area contributed by atoms with E-state index in [4.69, 9.17) is 21.1 Å². The number of nitrogens with one attached hydrogen (secondary N) is 1. The minimum atomic E-state index is 0.271. The summed E-state index contributed by atoms with van der Waals surface area (Å²) in [6.45, 7) is 13.5. The molecule has 0 bridgehead atoms. The SMILES string of the molecule is CCNC(=NCCc1nc(C(C)C)no1)N1CCN(c2cc(Cl)ccc2C)CC1. The second-order valence-electron chi connectivity index (χ2n) is 7.59. The van der Waals surface area contributed by atoms with Crippen molar-refractivity contribution in [2.24, 2.45) is 4.99 Å². The summed E-state index contributed by atoms with van der Waals surface area (Å²) in [5.74, 6) is 2.61. The van der Waals surface area contributed by atoms with Gasteiger partial charge in [0.05, 0.1) is 6.54 Å². The molecular weight excluding hydrogens is 388 g/mol. The van der Waals surface area contributed by atoms with E-state index in [2.05, 4.69) is 65.1 Å². The number of guanidine groups is 1. The minimum Gasteiger partial charge on any atom is -0.368 e. The molecule has 0 atom stereocenters. The first-order chi connectivity index (χ1) is 14.0. The molecule has 0 spiro atoms. The fourth-order valence-electron chi connectivity index (χ4n) is 3.37. The first-order valence-corrected chi connectivity index (χ1v) is 10.7. The van der Waals surface area contributed by atoms with Crippen molar-refractivity contribution in [1.29, 1.82) is 0 Å². The molecule has 1 aromatic heterocycles. The molecule has 158 valence electrons. The number of hydrogen-bond donors (Lipinski definition) is 1. The van der Waals surface area contributed by atoms with Gasteiger partial charge in [-0.25, -0.2) is 0 Å². The van der Waals surface area contributed by atoms with Crippen molar-refractivity contribution in [2.45, 2.75) is 40.0 Å². The molecule has 1 aliphatic heterocycles. The lowest BCUT2D eigenvalue weighted by molar-refractivity contribution is 0.366. The van der Waals surface area contributed by atoms with Crippen LogP contribution in [-0.2, 0) is 6.42 Å². The molecule has 2 heterocycles. The van der Waals surface area contributed by atoms with Crippen LogP contribution in [0.5, 0.6) is 0 Å². The Bertz CT molecular complexity index is 826. The topological polar surface area (TPSA) is 69.8 Å². The van der Waals surface area contributed by atoms with Crippen LogP contribution in [0.2, 0.25) is 5.02 Å². The van der Waals surface area contributed by atoms with Gasteiger partial charge < -0.3 is 19.6 Å². The highest BCUT2D eigenvalue weighted by molar-refractivity contribution is 6.30. The van der Waals surface area contributed by atoms with E-state index in [1.165, 1.54) is 11.3 Å². The number of aromatic nitrogens is 2. The Morgan fingerprint density at radius 1 is 1.28 bits per heavy atom. The number of benzene rings is 1. The van der Waals surface area contributed by atoms with Crippen LogP contribution in [0, 0.1) is 6.92 Å². The molecule has 2 aromatic rings. The van der Waals surface area contributed by atoms with Crippen LogP contribution in [0.15, 0.2) is 27.7 Å². The molecule has 1 N–H and O–H groups in total. The third kappa shape index (κ3) is 5.63. The molecule has 1 aromatic carbocycles. The summed E-state index contributed by atoms with van der Waals surface area (Å²) in [6, 6.07) is 6.08. The van der Waals surface area contributed by atoms with E-state index < -0.39 is 0 Å².